The van der Waals surface area contributed by atoms with E-state index in [2.05, 4.69) is 0 Å². The average Bonchev–Trinajstić information content (AvgIpc) is 2.51. The van der Waals surface area contributed by atoms with Gasteiger partial charge in [0, 0.05) is 18.7 Å². The molecule has 0 atom stereocenters. The van der Waals surface area contributed by atoms with Gasteiger partial charge in [-0.25, -0.2) is 9.18 Å². The van der Waals surface area contributed by atoms with E-state index >= 15 is 0 Å². The molecule has 0 bridgehead atoms. The summed E-state index contributed by atoms with van der Waals surface area (Å²) in [6.07, 6.45) is 0.667. The van der Waals surface area contributed by atoms with Crippen LogP contribution in [0, 0.1) is 5.82 Å². The summed E-state index contributed by atoms with van der Waals surface area (Å²) in [6, 6.07) is 10.8. The normalized spacial score (nSPS) is 13.9. The SMILES string of the molecule is O=C(O)c1cccc(CN2CCc3ccc(F)cc3C2=O)c1. The molecule has 0 aromatic heterocycles. The van der Waals surface area contributed by atoms with Gasteiger partial charge in [0.05, 0.1) is 5.56 Å². The van der Waals surface area contributed by atoms with Crippen molar-refractivity contribution in [3.8, 4) is 0 Å². The van der Waals surface area contributed by atoms with Gasteiger partial charge in [-0.2, -0.15) is 0 Å². The quantitative estimate of drug-likeness (QED) is 0.948. The van der Waals surface area contributed by atoms with Crippen LogP contribution >= 0.6 is 0 Å². The minimum absolute atomic E-state index is 0.188. The Hall–Kier alpha value is -2.69. The zero-order valence-electron chi connectivity index (χ0n) is 11.8. The third kappa shape index (κ3) is 2.70. The van der Waals surface area contributed by atoms with E-state index in [-0.39, 0.29) is 11.5 Å². The molecule has 0 saturated heterocycles. The van der Waals surface area contributed by atoms with Crippen LogP contribution in [0.25, 0.3) is 0 Å². The summed E-state index contributed by atoms with van der Waals surface area (Å²) in [5, 5.41) is 9.01. The first kappa shape index (κ1) is 14.3. The highest BCUT2D eigenvalue weighted by Gasteiger charge is 2.24. The molecule has 0 unspecified atom stereocenters. The Kier molecular flexibility index (Phi) is 3.63. The Balaban J connectivity index is 1.84. The molecular weight excluding hydrogens is 285 g/mol. The molecule has 22 heavy (non-hydrogen) atoms. The Morgan fingerprint density at radius 2 is 2.05 bits per heavy atom. The maximum Gasteiger partial charge on any atom is 0.335 e. The molecule has 112 valence electrons. The molecule has 0 radical (unpaired) electrons. The first-order valence-corrected chi connectivity index (χ1v) is 6.94. The summed E-state index contributed by atoms with van der Waals surface area (Å²) in [5.41, 5.74) is 2.17. The van der Waals surface area contributed by atoms with Crippen LogP contribution < -0.4 is 0 Å². The van der Waals surface area contributed by atoms with E-state index in [1.54, 1.807) is 29.2 Å². The number of hydrogen-bond acceptors (Lipinski definition) is 2. The van der Waals surface area contributed by atoms with Crippen LogP contribution in [-0.2, 0) is 13.0 Å². The fourth-order valence-corrected chi connectivity index (χ4v) is 2.67. The second-order valence-corrected chi connectivity index (χ2v) is 5.28. The molecule has 2 aromatic carbocycles. The summed E-state index contributed by atoms with van der Waals surface area (Å²) in [4.78, 5) is 25.0. The molecule has 1 aliphatic heterocycles. The van der Waals surface area contributed by atoms with Crippen LogP contribution in [0.4, 0.5) is 4.39 Å². The van der Waals surface area contributed by atoms with Crippen molar-refractivity contribution in [3.63, 3.8) is 0 Å². The van der Waals surface area contributed by atoms with E-state index in [1.165, 1.54) is 18.2 Å². The monoisotopic (exact) mass is 299 g/mol. The lowest BCUT2D eigenvalue weighted by Gasteiger charge is -2.28. The Morgan fingerprint density at radius 1 is 1.23 bits per heavy atom. The van der Waals surface area contributed by atoms with Gasteiger partial charge in [0.1, 0.15) is 5.82 Å². The predicted molar refractivity (Wildman–Crippen MR) is 78.2 cm³/mol. The number of halogens is 1. The number of fused-ring (bicyclic) bond motifs is 1. The second-order valence-electron chi connectivity index (χ2n) is 5.28. The van der Waals surface area contributed by atoms with Crippen LogP contribution in [0.2, 0.25) is 0 Å². The molecule has 1 amide bonds. The van der Waals surface area contributed by atoms with Gasteiger partial charge in [0.15, 0.2) is 0 Å². The van der Waals surface area contributed by atoms with Crippen molar-refractivity contribution in [2.24, 2.45) is 0 Å². The fraction of sp³-hybridized carbons (Fsp3) is 0.176. The van der Waals surface area contributed by atoms with Gasteiger partial charge in [-0.05, 0) is 41.8 Å². The first-order chi connectivity index (χ1) is 10.5. The third-order valence-corrected chi connectivity index (χ3v) is 3.79. The number of hydrogen-bond donors (Lipinski definition) is 1. The zero-order valence-corrected chi connectivity index (χ0v) is 11.8. The molecule has 2 aromatic rings. The zero-order chi connectivity index (χ0) is 15.7. The maximum absolute atomic E-state index is 13.3. The standard InChI is InChI=1S/C17H14FNO3/c18-14-5-4-12-6-7-19(16(20)15(12)9-14)10-11-2-1-3-13(8-11)17(21)22/h1-5,8-9H,6-7,10H2,(H,21,22). The van der Waals surface area contributed by atoms with Gasteiger partial charge < -0.3 is 10.0 Å². The molecule has 5 heteroatoms. The van der Waals surface area contributed by atoms with E-state index in [1.807, 2.05) is 0 Å². The maximum atomic E-state index is 13.3. The Bertz CT molecular complexity index is 757. The Labute approximate surface area is 126 Å². The van der Waals surface area contributed by atoms with Crippen LogP contribution in [0.1, 0.15) is 31.8 Å². The number of carbonyl (C=O) groups excluding carboxylic acids is 1. The van der Waals surface area contributed by atoms with Crippen molar-refractivity contribution in [3.05, 3.63) is 70.5 Å². The predicted octanol–water partition coefficient (Wildman–Crippen LogP) is 2.72. The molecule has 3 rings (SSSR count). The molecule has 4 nitrogen and oxygen atoms in total. The van der Waals surface area contributed by atoms with Gasteiger partial charge in [-0.1, -0.05) is 18.2 Å². The molecule has 0 spiro atoms. The van der Waals surface area contributed by atoms with E-state index < -0.39 is 11.8 Å². The third-order valence-electron chi connectivity index (χ3n) is 3.79. The molecule has 0 fully saturated rings. The summed E-state index contributed by atoms with van der Waals surface area (Å²) < 4.78 is 13.3. The number of nitrogens with zero attached hydrogens (tertiary/aromatic N) is 1. The lowest BCUT2D eigenvalue weighted by Crippen LogP contribution is -2.37. The highest BCUT2D eigenvalue weighted by Crippen LogP contribution is 2.21. The summed E-state index contributed by atoms with van der Waals surface area (Å²) in [5.74, 6) is -1.65. The minimum atomic E-state index is -1.00. The van der Waals surface area contributed by atoms with Crippen molar-refractivity contribution in [1.82, 2.24) is 4.90 Å². The van der Waals surface area contributed by atoms with Gasteiger partial charge in [0.2, 0.25) is 0 Å². The van der Waals surface area contributed by atoms with Gasteiger partial charge in [0.25, 0.3) is 5.91 Å². The number of carboxylic acid groups (broad SMARTS) is 1. The van der Waals surface area contributed by atoms with Crippen LogP contribution in [0.3, 0.4) is 0 Å². The molecule has 1 heterocycles. The number of rotatable bonds is 3. The molecule has 0 saturated carbocycles. The summed E-state index contributed by atoms with van der Waals surface area (Å²) in [6.45, 7) is 0.852. The highest BCUT2D eigenvalue weighted by atomic mass is 19.1. The van der Waals surface area contributed by atoms with E-state index in [9.17, 15) is 14.0 Å². The summed E-state index contributed by atoms with van der Waals surface area (Å²) >= 11 is 0. The topological polar surface area (TPSA) is 57.6 Å². The molecule has 1 N–H and O–H groups in total. The highest BCUT2D eigenvalue weighted by molar-refractivity contribution is 5.96. The second kappa shape index (κ2) is 5.60. The van der Waals surface area contributed by atoms with Crippen LogP contribution in [0.5, 0.6) is 0 Å². The fourth-order valence-electron chi connectivity index (χ4n) is 2.67. The van der Waals surface area contributed by atoms with E-state index in [0.29, 0.717) is 25.1 Å². The average molecular weight is 299 g/mol. The lowest BCUT2D eigenvalue weighted by atomic mass is 9.98. The van der Waals surface area contributed by atoms with Gasteiger partial charge >= 0.3 is 5.97 Å². The number of aromatic carboxylic acids is 1. The molecule has 1 aliphatic rings. The van der Waals surface area contributed by atoms with Crippen molar-refractivity contribution >= 4 is 11.9 Å². The largest absolute Gasteiger partial charge is 0.478 e. The number of carbonyl (C=O) groups is 2. The Morgan fingerprint density at radius 3 is 2.82 bits per heavy atom. The smallest absolute Gasteiger partial charge is 0.335 e. The first-order valence-electron chi connectivity index (χ1n) is 6.94. The molecule has 0 aliphatic carbocycles. The van der Waals surface area contributed by atoms with Crippen LogP contribution in [-0.4, -0.2) is 28.4 Å². The number of amides is 1. The summed E-state index contributed by atoms with van der Waals surface area (Å²) in [7, 11) is 0. The van der Waals surface area contributed by atoms with Crippen molar-refractivity contribution in [1.29, 1.82) is 0 Å². The van der Waals surface area contributed by atoms with Crippen molar-refractivity contribution in [2.45, 2.75) is 13.0 Å². The van der Waals surface area contributed by atoms with Gasteiger partial charge in [-0.15, -0.1) is 0 Å². The van der Waals surface area contributed by atoms with Gasteiger partial charge in [-0.3, -0.25) is 4.79 Å². The van der Waals surface area contributed by atoms with E-state index in [0.717, 1.165) is 11.1 Å². The minimum Gasteiger partial charge on any atom is -0.478 e. The number of benzene rings is 2. The number of carboxylic acids is 1. The van der Waals surface area contributed by atoms with Crippen LogP contribution in [0.15, 0.2) is 42.5 Å². The van der Waals surface area contributed by atoms with E-state index in [4.69, 9.17) is 5.11 Å². The molecular formula is C17H14FNO3. The van der Waals surface area contributed by atoms with Crippen molar-refractivity contribution in [2.75, 3.05) is 6.54 Å². The lowest BCUT2D eigenvalue weighted by molar-refractivity contribution is 0.0696. The van der Waals surface area contributed by atoms with Crippen molar-refractivity contribution < 1.29 is 19.1 Å².